The Hall–Kier alpha value is -3.39. The molecule has 0 bridgehead atoms. The molecule has 0 spiro atoms. The fraction of sp³-hybridized carbons (Fsp3) is 0.393. The summed E-state index contributed by atoms with van der Waals surface area (Å²) in [5.74, 6) is 5.96. The minimum absolute atomic E-state index is 0.0262. The monoisotopic (exact) mass is 445 g/mol. The van der Waals surface area contributed by atoms with Gasteiger partial charge in [0.05, 0.1) is 11.0 Å². The minimum Gasteiger partial charge on any atom is -0.461 e. The highest BCUT2D eigenvalue weighted by Crippen LogP contribution is 2.40. The van der Waals surface area contributed by atoms with Gasteiger partial charge < -0.3 is 9.47 Å². The van der Waals surface area contributed by atoms with E-state index < -0.39 is 5.41 Å². The van der Waals surface area contributed by atoms with E-state index in [2.05, 4.69) is 16.8 Å². The summed E-state index contributed by atoms with van der Waals surface area (Å²) in [5.41, 5.74) is 4.49. The summed E-state index contributed by atoms with van der Waals surface area (Å²) in [6.45, 7) is 10.9. The van der Waals surface area contributed by atoms with Gasteiger partial charge in [0.2, 0.25) is 6.79 Å². The molecule has 0 aliphatic heterocycles. The number of rotatable bonds is 6. The summed E-state index contributed by atoms with van der Waals surface area (Å²) >= 11 is 0. The number of hydrogen-bond donors (Lipinski definition) is 0. The van der Waals surface area contributed by atoms with Crippen LogP contribution in [-0.4, -0.2) is 23.5 Å². The number of nitrogens with zero attached hydrogens (tertiary/aromatic N) is 1. The maximum atomic E-state index is 13.6. The van der Waals surface area contributed by atoms with Crippen molar-refractivity contribution >= 4 is 17.3 Å². The highest BCUT2D eigenvalue weighted by molar-refractivity contribution is 6.25. The molecule has 1 atom stereocenters. The van der Waals surface area contributed by atoms with E-state index in [-0.39, 0.29) is 24.5 Å². The van der Waals surface area contributed by atoms with Crippen LogP contribution in [0.2, 0.25) is 0 Å². The quantitative estimate of drug-likeness (QED) is 0.348. The van der Waals surface area contributed by atoms with Crippen LogP contribution in [0.5, 0.6) is 0 Å². The summed E-state index contributed by atoms with van der Waals surface area (Å²) in [5, 5.41) is 0. The zero-order valence-corrected chi connectivity index (χ0v) is 20.2. The van der Waals surface area contributed by atoms with Crippen LogP contribution in [-0.2, 0) is 25.5 Å². The van der Waals surface area contributed by atoms with Crippen molar-refractivity contribution in [1.29, 1.82) is 0 Å². The molecule has 172 valence electrons. The molecule has 0 saturated carbocycles. The van der Waals surface area contributed by atoms with Gasteiger partial charge in [0.25, 0.3) is 0 Å². The van der Waals surface area contributed by atoms with Crippen molar-refractivity contribution in [3.63, 3.8) is 0 Å². The van der Waals surface area contributed by atoms with E-state index in [0.717, 1.165) is 27.9 Å². The Bertz CT molecular complexity index is 1120. The lowest BCUT2D eigenvalue weighted by Gasteiger charge is -2.18. The van der Waals surface area contributed by atoms with Crippen LogP contribution < -0.4 is 0 Å². The topological polar surface area (TPSA) is 65.5 Å². The summed E-state index contributed by atoms with van der Waals surface area (Å²) in [6, 6.07) is 9.67. The second-order valence-corrected chi connectivity index (χ2v) is 9.39. The van der Waals surface area contributed by atoms with Crippen molar-refractivity contribution in [2.75, 3.05) is 6.79 Å². The van der Waals surface area contributed by atoms with Gasteiger partial charge in [-0.15, -0.1) is 5.92 Å². The number of Topliss-reactive ketones (excluding diaryl/α,β-unsaturated/α-hetero) is 1. The van der Waals surface area contributed by atoms with Crippen molar-refractivity contribution in [1.82, 2.24) is 4.98 Å². The van der Waals surface area contributed by atoms with Gasteiger partial charge in [-0.25, -0.2) is 0 Å². The van der Waals surface area contributed by atoms with Gasteiger partial charge in [0.15, 0.2) is 5.78 Å². The smallest absolute Gasteiger partial charge is 0.314 e. The largest absolute Gasteiger partial charge is 0.461 e. The first-order valence-electron chi connectivity index (χ1n) is 11.1. The third kappa shape index (κ3) is 5.70. The normalized spacial score (nSPS) is 15.8. The van der Waals surface area contributed by atoms with Crippen molar-refractivity contribution in [3.8, 4) is 11.8 Å². The summed E-state index contributed by atoms with van der Waals surface area (Å²) in [6.07, 6.45) is 2.69. The van der Waals surface area contributed by atoms with Crippen LogP contribution in [0.4, 0.5) is 0 Å². The van der Waals surface area contributed by atoms with Gasteiger partial charge >= 0.3 is 5.97 Å². The fourth-order valence-electron chi connectivity index (χ4n) is 4.03. The number of aryl methyl sites for hydroxylation is 2. The molecule has 1 unspecified atom stereocenters. The SMILES string of the molecule is CC#Cc1cc(C)c(C2=C(OCOC(=O)C(C)(C)C)CC(Cc3ccccn3)C2=O)c(C)c1. The molecule has 1 aromatic heterocycles. The van der Waals surface area contributed by atoms with Gasteiger partial charge in [0.1, 0.15) is 5.76 Å². The second kappa shape index (κ2) is 10.0. The van der Waals surface area contributed by atoms with E-state index in [1.54, 1.807) is 33.9 Å². The molecule has 1 heterocycles. The molecule has 0 N–H and O–H groups in total. The summed E-state index contributed by atoms with van der Waals surface area (Å²) in [7, 11) is 0. The van der Waals surface area contributed by atoms with Crippen molar-refractivity contribution in [3.05, 3.63) is 70.2 Å². The molecular weight excluding hydrogens is 414 g/mol. The predicted molar refractivity (Wildman–Crippen MR) is 128 cm³/mol. The van der Waals surface area contributed by atoms with Gasteiger partial charge in [-0.2, -0.15) is 0 Å². The number of esters is 1. The number of ether oxygens (including phenoxy) is 2. The number of carbonyl (C=O) groups excluding carboxylic acids is 2. The Kier molecular flexibility index (Phi) is 7.38. The molecule has 5 nitrogen and oxygen atoms in total. The lowest BCUT2D eigenvalue weighted by atomic mass is 9.89. The van der Waals surface area contributed by atoms with Crippen molar-refractivity contribution in [2.24, 2.45) is 11.3 Å². The zero-order valence-electron chi connectivity index (χ0n) is 20.2. The average molecular weight is 446 g/mol. The first kappa shape index (κ1) is 24.3. The maximum Gasteiger partial charge on any atom is 0.314 e. The van der Waals surface area contributed by atoms with Crippen LogP contribution in [0.1, 0.15) is 62.1 Å². The first-order chi connectivity index (χ1) is 15.6. The molecule has 1 aliphatic rings. The third-order valence-corrected chi connectivity index (χ3v) is 5.60. The lowest BCUT2D eigenvalue weighted by molar-refractivity contribution is -0.162. The molecule has 1 aliphatic carbocycles. The third-order valence-electron chi connectivity index (χ3n) is 5.60. The molecule has 0 radical (unpaired) electrons. The molecular formula is C28H31NO4. The number of hydrogen-bond acceptors (Lipinski definition) is 5. The van der Waals surface area contributed by atoms with E-state index in [9.17, 15) is 9.59 Å². The van der Waals surface area contributed by atoms with Crippen molar-refractivity contribution in [2.45, 2.75) is 54.4 Å². The predicted octanol–water partition coefficient (Wildman–Crippen LogP) is 5.18. The molecule has 33 heavy (non-hydrogen) atoms. The van der Waals surface area contributed by atoms with Crippen LogP contribution in [0.3, 0.4) is 0 Å². The molecule has 0 saturated heterocycles. The molecule has 0 amide bonds. The Balaban J connectivity index is 1.94. The van der Waals surface area contributed by atoms with Gasteiger partial charge in [-0.05, 0) is 82.5 Å². The molecule has 1 aromatic carbocycles. The number of carbonyl (C=O) groups is 2. The highest BCUT2D eigenvalue weighted by atomic mass is 16.7. The first-order valence-corrected chi connectivity index (χ1v) is 11.1. The highest BCUT2D eigenvalue weighted by Gasteiger charge is 2.37. The number of benzene rings is 1. The van der Waals surface area contributed by atoms with Crippen LogP contribution in [0.25, 0.3) is 5.57 Å². The lowest BCUT2D eigenvalue weighted by Crippen LogP contribution is -2.24. The van der Waals surface area contributed by atoms with E-state index in [4.69, 9.17) is 9.47 Å². The maximum absolute atomic E-state index is 13.6. The Labute approximate surface area is 196 Å². The van der Waals surface area contributed by atoms with Crippen LogP contribution in [0, 0.1) is 37.0 Å². The van der Waals surface area contributed by atoms with Gasteiger partial charge in [-0.1, -0.05) is 12.0 Å². The summed E-state index contributed by atoms with van der Waals surface area (Å²) in [4.78, 5) is 30.1. The minimum atomic E-state index is -0.628. The Morgan fingerprint density at radius 2 is 1.88 bits per heavy atom. The Morgan fingerprint density at radius 3 is 2.45 bits per heavy atom. The van der Waals surface area contributed by atoms with Crippen molar-refractivity contribution < 1.29 is 19.1 Å². The molecule has 5 heteroatoms. The van der Waals surface area contributed by atoms with Gasteiger partial charge in [-0.3, -0.25) is 14.6 Å². The number of allylic oxidation sites excluding steroid dienone is 2. The average Bonchev–Trinajstić information content (AvgIpc) is 3.03. The van der Waals surface area contributed by atoms with E-state index in [1.165, 1.54) is 0 Å². The molecule has 3 rings (SSSR count). The van der Waals surface area contributed by atoms with Gasteiger partial charge in [0, 0.05) is 36.2 Å². The second-order valence-electron chi connectivity index (χ2n) is 9.39. The number of ketones is 1. The zero-order chi connectivity index (χ0) is 24.2. The Morgan fingerprint density at radius 1 is 1.18 bits per heavy atom. The van der Waals surface area contributed by atoms with Crippen LogP contribution in [0.15, 0.2) is 42.3 Å². The number of aromatic nitrogens is 1. The fourth-order valence-corrected chi connectivity index (χ4v) is 4.03. The van der Waals surface area contributed by atoms with E-state index >= 15 is 0 Å². The van der Waals surface area contributed by atoms with E-state index in [0.29, 0.717) is 24.2 Å². The summed E-state index contributed by atoms with van der Waals surface area (Å²) < 4.78 is 11.2. The van der Waals surface area contributed by atoms with E-state index in [1.807, 2.05) is 44.2 Å². The molecule has 0 fully saturated rings. The van der Waals surface area contributed by atoms with Crippen LogP contribution >= 0.6 is 0 Å². The standard InChI is InChI=1S/C28H31NO4/c1-7-10-20-13-18(2)24(19(3)14-20)25-23(32-17-33-27(31)28(4,5)6)16-21(26(25)30)15-22-11-8-9-12-29-22/h8-9,11-14,21H,15-17H2,1-6H3. The number of pyridine rings is 1. The molecule has 2 aromatic rings.